The van der Waals surface area contributed by atoms with Gasteiger partial charge in [-0.2, -0.15) is 0 Å². The molecule has 0 bridgehead atoms. The van der Waals surface area contributed by atoms with Crippen LogP contribution in [0.4, 0.5) is 10.1 Å². The minimum atomic E-state index is -0.749. The van der Waals surface area contributed by atoms with Crippen molar-refractivity contribution < 1.29 is 14.3 Å². The van der Waals surface area contributed by atoms with Gasteiger partial charge in [-0.25, -0.2) is 4.39 Å². The van der Waals surface area contributed by atoms with Crippen LogP contribution in [-0.2, 0) is 0 Å². The molecule has 0 radical (unpaired) electrons. The summed E-state index contributed by atoms with van der Waals surface area (Å²) in [6.45, 7) is 1.83. The van der Waals surface area contributed by atoms with Gasteiger partial charge in [0.15, 0.2) is 0 Å². The molecule has 2 N–H and O–H groups in total. The summed E-state index contributed by atoms with van der Waals surface area (Å²) in [6, 6.07) is 10.9. The highest BCUT2D eigenvalue weighted by molar-refractivity contribution is 6.06. The highest BCUT2D eigenvalue weighted by atomic mass is 19.1. The number of rotatable bonds is 2. The van der Waals surface area contributed by atoms with Gasteiger partial charge in [0, 0.05) is 5.69 Å². The van der Waals surface area contributed by atoms with Gasteiger partial charge < -0.3 is 10.4 Å². The van der Waals surface area contributed by atoms with E-state index < -0.39 is 11.7 Å². The number of phenols is 1. The number of phenolic OH excluding ortho intramolecular Hbond substituents is 1. The molecule has 0 aliphatic rings. The van der Waals surface area contributed by atoms with Crippen molar-refractivity contribution in [3.63, 3.8) is 0 Å². The number of para-hydroxylation sites is 1. The molecular formula is C14H12FNO2. The number of hydrogen-bond acceptors (Lipinski definition) is 2. The van der Waals surface area contributed by atoms with Crippen LogP contribution >= 0.6 is 0 Å². The zero-order valence-corrected chi connectivity index (χ0v) is 9.77. The predicted octanol–water partition coefficient (Wildman–Crippen LogP) is 3.09. The maximum atomic E-state index is 13.5. The number of amides is 1. The van der Waals surface area contributed by atoms with E-state index in [2.05, 4.69) is 5.32 Å². The van der Waals surface area contributed by atoms with Crippen LogP contribution < -0.4 is 5.32 Å². The van der Waals surface area contributed by atoms with E-state index in [0.29, 0.717) is 5.69 Å². The Kier molecular flexibility index (Phi) is 3.28. The molecule has 0 atom stereocenters. The number of aryl methyl sites for hydroxylation is 1. The number of nitrogens with one attached hydrogen (secondary N) is 1. The molecule has 0 saturated heterocycles. The maximum Gasteiger partial charge on any atom is 0.262 e. The maximum absolute atomic E-state index is 13.5. The summed E-state index contributed by atoms with van der Waals surface area (Å²) in [7, 11) is 0. The molecule has 4 heteroatoms. The number of anilines is 1. The summed E-state index contributed by atoms with van der Waals surface area (Å²) < 4.78 is 13.5. The Labute approximate surface area is 104 Å². The number of aromatic hydroxyl groups is 1. The summed E-state index contributed by atoms with van der Waals surface area (Å²) in [5.41, 5.74) is 1.10. The van der Waals surface area contributed by atoms with Crippen LogP contribution in [0, 0.1) is 12.7 Å². The molecule has 0 spiro atoms. The normalized spacial score (nSPS) is 10.1. The molecule has 0 aromatic heterocycles. The van der Waals surface area contributed by atoms with Crippen molar-refractivity contribution in [2.24, 2.45) is 0 Å². The van der Waals surface area contributed by atoms with Crippen molar-refractivity contribution in [1.29, 1.82) is 0 Å². The molecule has 0 heterocycles. The quantitative estimate of drug-likeness (QED) is 0.854. The second-order valence-electron chi connectivity index (χ2n) is 3.90. The van der Waals surface area contributed by atoms with E-state index in [9.17, 15) is 14.3 Å². The van der Waals surface area contributed by atoms with Crippen LogP contribution in [0.5, 0.6) is 5.75 Å². The zero-order chi connectivity index (χ0) is 13.1. The lowest BCUT2D eigenvalue weighted by Crippen LogP contribution is -2.14. The minimum absolute atomic E-state index is 0.347. The molecule has 1 amide bonds. The van der Waals surface area contributed by atoms with Crippen molar-refractivity contribution in [2.45, 2.75) is 6.92 Å². The van der Waals surface area contributed by atoms with E-state index in [1.165, 1.54) is 12.1 Å². The fourth-order valence-corrected chi connectivity index (χ4v) is 1.64. The van der Waals surface area contributed by atoms with Crippen LogP contribution in [0.15, 0.2) is 42.5 Å². The lowest BCUT2D eigenvalue weighted by molar-refractivity contribution is 0.102. The second-order valence-corrected chi connectivity index (χ2v) is 3.90. The molecule has 0 unspecified atom stereocenters. The first-order valence-corrected chi connectivity index (χ1v) is 5.44. The first-order chi connectivity index (χ1) is 8.59. The van der Waals surface area contributed by atoms with Gasteiger partial charge in [-0.1, -0.05) is 24.3 Å². The summed E-state index contributed by atoms with van der Waals surface area (Å²) in [5.74, 6) is -1.79. The Morgan fingerprint density at radius 2 is 1.89 bits per heavy atom. The van der Waals surface area contributed by atoms with Crippen LogP contribution in [0.3, 0.4) is 0 Å². The molecule has 0 fully saturated rings. The number of carbonyl (C=O) groups excluding carboxylic acids is 1. The van der Waals surface area contributed by atoms with Crippen molar-refractivity contribution in [1.82, 2.24) is 0 Å². The third-order valence-corrected chi connectivity index (χ3v) is 2.61. The van der Waals surface area contributed by atoms with Crippen LogP contribution in [-0.4, -0.2) is 11.0 Å². The van der Waals surface area contributed by atoms with E-state index in [0.717, 1.165) is 11.6 Å². The van der Waals surface area contributed by atoms with Crippen molar-refractivity contribution in [3.05, 3.63) is 59.4 Å². The molecule has 18 heavy (non-hydrogen) atoms. The summed E-state index contributed by atoms with van der Waals surface area (Å²) in [6.07, 6.45) is 0. The summed E-state index contributed by atoms with van der Waals surface area (Å²) in [5, 5.41) is 12.1. The zero-order valence-electron chi connectivity index (χ0n) is 9.77. The van der Waals surface area contributed by atoms with Crippen molar-refractivity contribution >= 4 is 11.6 Å². The Balaban J connectivity index is 2.31. The van der Waals surface area contributed by atoms with E-state index in [1.807, 2.05) is 19.1 Å². The lowest BCUT2D eigenvalue weighted by Gasteiger charge is -2.09. The topological polar surface area (TPSA) is 49.3 Å². The van der Waals surface area contributed by atoms with Gasteiger partial charge in [0.2, 0.25) is 0 Å². The lowest BCUT2D eigenvalue weighted by atomic mass is 10.1. The fourth-order valence-electron chi connectivity index (χ4n) is 1.64. The second kappa shape index (κ2) is 4.87. The standard InChI is InChI=1S/C14H12FNO2/c1-9-5-2-3-7-11(9)16-14(18)13-10(15)6-4-8-12(13)17/h2-8,17H,1H3,(H,16,18). The molecule has 0 aliphatic carbocycles. The third-order valence-electron chi connectivity index (χ3n) is 2.61. The molecule has 2 aromatic rings. The number of benzene rings is 2. The summed E-state index contributed by atoms with van der Waals surface area (Å²) in [4.78, 5) is 11.9. The van der Waals surface area contributed by atoms with E-state index in [4.69, 9.17) is 0 Å². The molecule has 3 nitrogen and oxygen atoms in total. The first-order valence-electron chi connectivity index (χ1n) is 5.44. The average Bonchev–Trinajstić information content (AvgIpc) is 2.32. The number of hydrogen-bond donors (Lipinski definition) is 2. The van der Waals surface area contributed by atoms with Gasteiger partial charge >= 0.3 is 0 Å². The van der Waals surface area contributed by atoms with E-state index in [1.54, 1.807) is 12.1 Å². The SMILES string of the molecule is Cc1ccccc1NC(=O)c1c(O)cccc1F. The Bertz CT molecular complexity index is 576. The predicted molar refractivity (Wildman–Crippen MR) is 67.2 cm³/mol. The van der Waals surface area contributed by atoms with Gasteiger partial charge in [0.1, 0.15) is 17.1 Å². The number of carbonyl (C=O) groups is 1. The van der Waals surface area contributed by atoms with Gasteiger partial charge in [-0.15, -0.1) is 0 Å². The highest BCUT2D eigenvalue weighted by Crippen LogP contribution is 2.22. The third kappa shape index (κ3) is 2.32. The van der Waals surface area contributed by atoms with Crippen molar-refractivity contribution in [2.75, 3.05) is 5.32 Å². The highest BCUT2D eigenvalue weighted by Gasteiger charge is 2.16. The Morgan fingerprint density at radius 3 is 2.56 bits per heavy atom. The smallest absolute Gasteiger partial charge is 0.262 e. The van der Waals surface area contributed by atoms with Gasteiger partial charge in [0.05, 0.1) is 0 Å². The fraction of sp³-hybridized carbons (Fsp3) is 0.0714. The molecule has 0 aliphatic heterocycles. The van der Waals surface area contributed by atoms with Gasteiger partial charge in [0.25, 0.3) is 5.91 Å². The largest absolute Gasteiger partial charge is 0.507 e. The summed E-state index contributed by atoms with van der Waals surface area (Å²) >= 11 is 0. The van der Waals surface area contributed by atoms with Gasteiger partial charge in [-0.3, -0.25) is 4.79 Å². The number of halogens is 1. The van der Waals surface area contributed by atoms with E-state index >= 15 is 0 Å². The minimum Gasteiger partial charge on any atom is -0.507 e. The Morgan fingerprint density at radius 1 is 1.17 bits per heavy atom. The van der Waals surface area contributed by atoms with Crippen LogP contribution in [0.1, 0.15) is 15.9 Å². The monoisotopic (exact) mass is 245 g/mol. The average molecular weight is 245 g/mol. The van der Waals surface area contributed by atoms with Crippen LogP contribution in [0.2, 0.25) is 0 Å². The first kappa shape index (κ1) is 12.1. The Hall–Kier alpha value is -2.36. The van der Waals surface area contributed by atoms with Crippen molar-refractivity contribution in [3.8, 4) is 5.75 Å². The molecular weight excluding hydrogens is 233 g/mol. The molecule has 0 saturated carbocycles. The molecule has 2 aromatic carbocycles. The van der Waals surface area contributed by atoms with Crippen LogP contribution in [0.25, 0.3) is 0 Å². The van der Waals surface area contributed by atoms with E-state index in [-0.39, 0.29) is 11.3 Å². The molecule has 2 rings (SSSR count). The van der Waals surface area contributed by atoms with Gasteiger partial charge in [-0.05, 0) is 30.7 Å². The molecule has 92 valence electrons.